The van der Waals surface area contributed by atoms with E-state index in [0.717, 1.165) is 18.4 Å². The summed E-state index contributed by atoms with van der Waals surface area (Å²) in [6, 6.07) is 21.7. The molecule has 0 saturated heterocycles. The third kappa shape index (κ3) is 5.98. The quantitative estimate of drug-likeness (QED) is 0.164. The number of unbranched alkanes of at least 4 members (excludes halogenated alkanes) is 1. The molecule has 0 spiro atoms. The molecule has 0 radical (unpaired) electrons. The smallest absolute Gasteiger partial charge is 0.167 e. The van der Waals surface area contributed by atoms with Crippen LogP contribution in [0.5, 0.6) is 11.5 Å². The summed E-state index contributed by atoms with van der Waals surface area (Å²) in [7, 11) is 0. The molecule has 0 amide bonds. The van der Waals surface area contributed by atoms with Crippen LogP contribution >= 0.6 is 0 Å². The molecule has 0 aliphatic rings. The number of benzene rings is 4. The first kappa shape index (κ1) is 25.1. The van der Waals surface area contributed by atoms with Gasteiger partial charge in [-0.05, 0) is 55.2 Å². The van der Waals surface area contributed by atoms with Crippen LogP contribution in [0, 0.1) is 24.4 Å². The third-order valence-electron chi connectivity index (χ3n) is 5.85. The fraction of sp³-hybridized carbons (Fsp3) is 0.161. The Hall–Kier alpha value is -3.99. The highest BCUT2D eigenvalue weighted by Crippen LogP contribution is 2.32. The summed E-state index contributed by atoms with van der Waals surface area (Å²) >= 11 is 0. The molecule has 0 fully saturated rings. The van der Waals surface area contributed by atoms with E-state index in [1.807, 2.05) is 25.1 Å². The Labute approximate surface area is 209 Å². The van der Waals surface area contributed by atoms with Crippen LogP contribution in [0.15, 0.2) is 91.5 Å². The van der Waals surface area contributed by atoms with Crippen LogP contribution in [0.3, 0.4) is 0 Å². The lowest BCUT2D eigenvalue weighted by molar-refractivity contribution is 0.295. The van der Waals surface area contributed by atoms with Gasteiger partial charge in [0.15, 0.2) is 11.6 Å². The van der Waals surface area contributed by atoms with Gasteiger partial charge in [-0.2, -0.15) is 0 Å². The summed E-state index contributed by atoms with van der Waals surface area (Å²) in [5, 5.41) is 0. The highest BCUT2D eigenvalue weighted by Gasteiger charge is 2.16. The second-order valence-electron chi connectivity index (χ2n) is 8.50. The predicted octanol–water partition coefficient (Wildman–Crippen LogP) is 8.67. The SMILES string of the molecule is C=CCCCOc1ccc(COc2ccc(-c3ccc(-c4ccc(C)cc4)c(F)c3F)cc2)c(F)c1. The standard InChI is InChI=1S/C31H27F3O2/c1-3-4-5-18-35-26-15-12-24(29(32)19-26)20-36-25-13-10-23(11-14-25)28-17-16-27(30(33)31(28)34)22-8-6-21(2)7-9-22/h3,6-17,19H,1,4-5,18,20H2,2H3. The van der Waals surface area contributed by atoms with E-state index in [1.54, 1.807) is 60.7 Å². The van der Waals surface area contributed by atoms with Crippen LogP contribution in [0.4, 0.5) is 13.2 Å². The highest BCUT2D eigenvalue weighted by atomic mass is 19.2. The summed E-state index contributed by atoms with van der Waals surface area (Å²) in [5.41, 5.74) is 2.93. The molecule has 36 heavy (non-hydrogen) atoms. The van der Waals surface area contributed by atoms with Gasteiger partial charge in [-0.3, -0.25) is 0 Å². The first-order valence-corrected chi connectivity index (χ1v) is 11.8. The number of allylic oxidation sites excluding steroid dienone is 1. The Morgan fingerprint density at radius 3 is 1.89 bits per heavy atom. The van der Waals surface area contributed by atoms with Crippen LogP contribution in [-0.4, -0.2) is 6.61 Å². The van der Waals surface area contributed by atoms with Gasteiger partial charge in [-0.25, -0.2) is 13.2 Å². The molecule has 0 bridgehead atoms. The maximum atomic E-state index is 14.9. The first-order valence-electron chi connectivity index (χ1n) is 11.8. The molecule has 0 aromatic heterocycles. The van der Waals surface area contributed by atoms with Gasteiger partial charge in [0, 0.05) is 22.8 Å². The zero-order valence-corrected chi connectivity index (χ0v) is 20.1. The Bertz CT molecular complexity index is 1330. The molecule has 4 rings (SSSR count). The number of rotatable bonds is 10. The Kier molecular flexibility index (Phi) is 8.11. The van der Waals surface area contributed by atoms with Crippen LogP contribution in [0.25, 0.3) is 22.3 Å². The monoisotopic (exact) mass is 488 g/mol. The van der Waals surface area contributed by atoms with E-state index in [1.165, 1.54) is 6.07 Å². The normalized spacial score (nSPS) is 10.8. The van der Waals surface area contributed by atoms with E-state index in [2.05, 4.69) is 6.58 Å². The average molecular weight is 489 g/mol. The second kappa shape index (κ2) is 11.6. The Morgan fingerprint density at radius 2 is 1.31 bits per heavy atom. The minimum absolute atomic E-state index is 0.0240. The number of ether oxygens (including phenoxy) is 2. The average Bonchev–Trinajstić information content (AvgIpc) is 2.89. The van der Waals surface area contributed by atoms with Crippen molar-refractivity contribution in [1.29, 1.82) is 0 Å². The van der Waals surface area contributed by atoms with Crippen molar-refractivity contribution in [3.05, 3.63) is 120 Å². The fourth-order valence-corrected chi connectivity index (χ4v) is 3.77. The van der Waals surface area contributed by atoms with Crippen molar-refractivity contribution in [2.45, 2.75) is 26.4 Å². The van der Waals surface area contributed by atoms with Crippen molar-refractivity contribution in [2.24, 2.45) is 0 Å². The van der Waals surface area contributed by atoms with Crippen molar-refractivity contribution in [1.82, 2.24) is 0 Å². The van der Waals surface area contributed by atoms with Crippen LogP contribution < -0.4 is 9.47 Å². The topological polar surface area (TPSA) is 18.5 Å². The van der Waals surface area contributed by atoms with Gasteiger partial charge >= 0.3 is 0 Å². The van der Waals surface area contributed by atoms with Crippen LogP contribution in [-0.2, 0) is 6.61 Å². The summed E-state index contributed by atoms with van der Waals surface area (Å²) in [6.45, 7) is 6.11. The zero-order valence-electron chi connectivity index (χ0n) is 20.1. The molecule has 0 aliphatic carbocycles. The van der Waals surface area contributed by atoms with Gasteiger partial charge in [0.25, 0.3) is 0 Å². The molecule has 4 aromatic carbocycles. The van der Waals surface area contributed by atoms with E-state index < -0.39 is 17.5 Å². The summed E-state index contributed by atoms with van der Waals surface area (Å²) in [6.07, 6.45) is 3.47. The van der Waals surface area contributed by atoms with Gasteiger partial charge < -0.3 is 9.47 Å². The first-order chi connectivity index (χ1) is 17.5. The molecule has 0 unspecified atom stereocenters. The molecule has 4 aromatic rings. The molecule has 0 N–H and O–H groups in total. The molecular formula is C31H27F3O2. The lowest BCUT2D eigenvalue weighted by Crippen LogP contribution is -2.01. The zero-order chi connectivity index (χ0) is 25.5. The van der Waals surface area contributed by atoms with Crippen LogP contribution in [0.1, 0.15) is 24.0 Å². The van der Waals surface area contributed by atoms with Gasteiger partial charge in [-0.15, -0.1) is 6.58 Å². The molecule has 0 saturated carbocycles. The molecule has 0 aliphatic heterocycles. The van der Waals surface area contributed by atoms with Crippen molar-refractivity contribution < 1.29 is 22.6 Å². The van der Waals surface area contributed by atoms with Gasteiger partial charge in [0.2, 0.25) is 0 Å². The van der Waals surface area contributed by atoms with Gasteiger partial charge in [-0.1, -0.05) is 60.2 Å². The number of hydrogen-bond donors (Lipinski definition) is 0. The molecular weight excluding hydrogens is 461 g/mol. The van der Waals surface area contributed by atoms with E-state index in [0.29, 0.717) is 34.8 Å². The van der Waals surface area contributed by atoms with E-state index in [9.17, 15) is 13.2 Å². The molecule has 2 nitrogen and oxygen atoms in total. The summed E-state index contributed by atoms with van der Waals surface area (Å²) in [4.78, 5) is 0. The minimum atomic E-state index is -0.907. The summed E-state index contributed by atoms with van der Waals surface area (Å²) < 4.78 is 55.4. The highest BCUT2D eigenvalue weighted by molar-refractivity contribution is 5.72. The van der Waals surface area contributed by atoms with Gasteiger partial charge in [0.1, 0.15) is 23.9 Å². The van der Waals surface area contributed by atoms with Crippen molar-refractivity contribution in [3.8, 4) is 33.8 Å². The molecule has 0 heterocycles. The maximum Gasteiger partial charge on any atom is 0.167 e. The number of aryl methyl sites for hydroxylation is 1. The Morgan fingerprint density at radius 1 is 0.722 bits per heavy atom. The Balaban J connectivity index is 1.41. The second-order valence-corrected chi connectivity index (χ2v) is 8.50. The predicted molar refractivity (Wildman–Crippen MR) is 138 cm³/mol. The van der Waals surface area contributed by atoms with E-state index in [4.69, 9.17) is 9.47 Å². The molecule has 184 valence electrons. The molecule has 5 heteroatoms. The van der Waals surface area contributed by atoms with E-state index in [-0.39, 0.29) is 17.7 Å². The van der Waals surface area contributed by atoms with Crippen molar-refractivity contribution in [2.75, 3.05) is 6.61 Å². The minimum Gasteiger partial charge on any atom is -0.493 e. The van der Waals surface area contributed by atoms with Gasteiger partial charge in [0.05, 0.1) is 6.61 Å². The maximum absolute atomic E-state index is 14.9. The molecule has 0 atom stereocenters. The number of hydrogen-bond acceptors (Lipinski definition) is 2. The lowest BCUT2D eigenvalue weighted by Gasteiger charge is -2.11. The summed E-state index contributed by atoms with van der Waals surface area (Å²) in [5.74, 6) is -1.26. The number of halogens is 3. The van der Waals surface area contributed by atoms with Crippen LogP contribution in [0.2, 0.25) is 0 Å². The van der Waals surface area contributed by atoms with E-state index >= 15 is 0 Å². The lowest BCUT2D eigenvalue weighted by atomic mass is 9.98. The largest absolute Gasteiger partial charge is 0.493 e. The fourth-order valence-electron chi connectivity index (χ4n) is 3.77. The van der Waals surface area contributed by atoms with Crippen molar-refractivity contribution >= 4 is 0 Å². The third-order valence-corrected chi connectivity index (χ3v) is 5.85. The van der Waals surface area contributed by atoms with Crippen molar-refractivity contribution in [3.63, 3.8) is 0 Å².